The molecule has 0 spiro atoms. The second-order valence-corrected chi connectivity index (χ2v) is 6.49. The molecular formula is C17H22N2OS. The molecule has 3 rings (SSSR count). The van der Waals surface area contributed by atoms with Gasteiger partial charge in [0, 0.05) is 41.6 Å². The van der Waals surface area contributed by atoms with Crippen molar-refractivity contribution in [3.63, 3.8) is 0 Å². The van der Waals surface area contributed by atoms with Crippen molar-refractivity contribution in [2.24, 2.45) is 0 Å². The molecule has 3 nitrogen and oxygen atoms in total. The molecule has 21 heavy (non-hydrogen) atoms. The van der Waals surface area contributed by atoms with Crippen LogP contribution in [0.5, 0.6) is 5.75 Å². The minimum absolute atomic E-state index is 0.664. The van der Waals surface area contributed by atoms with Crippen LogP contribution in [0.3, 0.4) is 0 Å². The first-order valence-electron chi connectivity index (χ1n) is 7.61. The lowest BCUT2D eigenvalue weighted by molar-refractivity contribution is 0.310. The molecule has 1 N–H and O–H groups in total. The fraction of sp³-hybridized carbons (Fsp3) is 0.412. The van der Waals surface area contributed by atoms with Crippen LogP contribution in [-0.4, -0.2) is 26.2 Å². The smallest absolute Gasteiger partial charge is 0.122 e. The van der Waals surface area contributed by atoms with Crippen molar-refractivity contribution in [2.75, 3.05) is 31.1 Å². The Morgan fingerprint density at radius 3 is 2.43 bits per heavy atom. The van der Waals surface area contributed by atoms with Gasteiger partial charge in [-0.3, -0.25) is 0 Å². The predicted octanol–water partition coefficient (Wildman–Crippen LogP) is 3.30. The Morgan fingerprint density at radius 1 is 1.05 bits per heavy atom. The Kier molecular flexibility index (Phi) is 4.78. The van der Waals surface area contributed by atoms with Crippen LogP contribution in [0.4, 0.5) is 5.69 Å². The minimum Gasteiger partial charge on any atom is -0.488 e. The molecule has 1 aliphatic rings. The molecule has 0 aliphatic carbocycles. The first-order chi connectivity index (χ1) is 10.3. The fourth-order valence-corrected chi connectivity index (χ4v) is 3.39. The molecule has 1 fully saturated rings. The van der Waals surface area contributed by atoms with Crippen molar-refractivity contribution < 1.29 is 4.74 Å². The van der Waals surface area contributed by atoms with Gasteiger partial charge in [-0.15, -0.1) is 11.3 Å². The van der Waals surface area contributed by atoms with Crippen molar-refractivity contribution in [3.05, 3.63) is 46.2 Å². The topological polar surface area (TPSA) is 24.5 Å². The number of nitrogens with one attached hydrogen (secondary N) is 1. The SMILES string of the molecule is CCc1ccc(COc2ccc(N3CCNCC3)cc2)s1. The molecule has 2 heterocycles. The molecule has 1 aromatic carbocycles. The Labute approximate surface area is 130 Å². The third kappa shape index (κ3) is 3.77. The first-order valence-corrected chi connectivity index (χ1v) is 8.43. The van der Waals surface area contributed by atoms with Crippen molar-refractivity contribution in [1.29, 1.82) is 0 Å². The quantitative estimate of drug-likeness (QED) is 0.917. The molecular weight excluding hydrogens is 280 g/mol. The van der Waals surface area contributed by atoms with E-state index in [9.17, 15) is 0 Å². The maximum Gasteiger partial charge on any atom is 0.122 e. The third-order valence-electron chi connectivity index (χ3n) is 3.77. The highest BCUT2D eigenvalue weighted by Crippen LogP contribution is 2.22. The zero-order valence-electron chi connectivity index (χ0n) is 12.5. The summed E-state index contributed by atoms with van der Waals surface area (Å²) in [5.41, 5.74) is 1.29. The van der Waals surface area contributed by atoms with Gasteiger partial charge < -0.3 is 15.0 Å². The van der Waals surface area contributed by atoms with Crippen LogP contribution in [0.2, 0.25) is 0 Å². The van der Waals surface area contributed by atoms with E-state index >= 15 is 0 Å². The number of aryl methyl sites for hydroxylation is 1. The van der Waals surface area contributed by atoms with Gasteiger partial charge in [0.25, 0.3) is 0 Å². The third-order valence-corrected chi connectivity index (χ3v) is 4.97. The van der Waals surface area contributed by atoms with E-state index in [1.807, 2.05) is 11.3 Å². The van der Waals surface area contributed by atoms with Gasteiger partial charge in [0.1, 0.15) is 12.4 Å². The van der Waals surface area contributed by atoms with Crippen LogP contribution >= 0.6 is 11.3 Å². The minimum atomic E-state index is 0.664. The summed E-state index contributed by atoms with van der Waals surface area (Å²) in [4.78, 5) is 5.12. The fourth-order valence-electron chi connectivity index (χ4n) is 2.52. The van der Waals surface area contributed by atoms with E-state index in [0.717, 1.165) is 38.3 Å². The molecule has 0 atom stereocenters. The number of piperazine rings is 1. The lowest BCUT2D eigenvalue weighted by atomic mass is 10.2. The van der Waals surface area contributed by atoms with Gasteiger partial charge in [-0.25, -0.2) is 0 Å². The van der Waals surface area contributed by atoms with E-state index in [2.05, 4.69) is 53.5 Å². The number of hydrogen-bond acceptors (Lipinski definition) is 4. The van der Waals surface area contributed by atoms with Crippen molar-refractivity contribution in [3.8, 4) is 5.75 Å². The lowest BCUT2D eigenvalue weighted by Gasteiger charge is -2.29. The summed E-state index contributed by atoms with van der Waals surface area (Å²) in [6.45, 7) is 7.14. The van der Waals surface area contributed by atoms with Gasteiger partial charge in [0.05, 0.1) is 0 Å². The van der Waals surface area contributed by atoms with Gasteiger partial charge in [-0.2, -0.15) is 0 Å². The standard InChI is InChI=1S/C17H22N2OS/c1-2-16-7-8-17(21-16)13-20-15-5-3-14(4-6-15)19-11-9-18-10-12-19/h3-8,18H,2,9-13H2,1H3. The lowest BCUT2D eigenvalue weighted by Crippen LogP contribution is -2.43. The zero-order valence-corrected chi connectivity index (χ0v) is 13.3. The van der Waals surface area contributed by atoms with E-state index in [-0.39, 0.29) is 0 Å². The van der Waals surface area contributed by atoms with Crippen LogP contribution in [-0.2, 0) is 13.0 Å². The van der Waals surface area contributed by atoms with Crippen LogP contribution in [0.25, 0.3) is 0 Å². The second kappa shape index (κ2) is 6.96. The van der Waals surface area contributed by atoms with Gasteiger partial charge in [-0.05, 0) is 42.8 Å². The predicted molar refractivity (Wildman–Crippen MR) is 89.6 cm³/mol. The summed E-state index contributed by atoms with van der Waals surface area (Å²) in [6.07, 6.45) is 1.10. The summed E-state index contributed by atoms with van der Waals surface area (Å²) < 4.78 is 5.87. The summed E-state index contributed by atoms with van der Waals surface area (Å²) in [5.74, 6) is 0.945. The van der Waals surface area contributed by atoms with E-state index in [1.165, 1.54) is 15.4 Å². The highest BCUT2D eigenvalue weighted by Gasteiger charge is 2.10. The van der Waals surface area contributed by atoms with E-state index < -0.39 is 0 Å². The molecule has 0 amide bonds. The molecule has 4 heteroatoms. The van der Waals surface area contributed by atoms with Gasteiger partial charge in [0.15, 0.2) is 0 Å². The van der Waals surface area contributed by atoms with Crippen LogP contribution in [0.15, 0.2) is 36.4 Å². The summed E-state index contributed by atoms with van der Waals surface area (Å²) in [7, 11) is 0. The number of ether oxygens (including phenoxy) is 1. The molecule has 2 aromatic rings. The van der Waals surface area contributed by atoms with Crippen molar-refractivity contribution in [1.82, 2.24) is 5.32 Å². The average molecular weight is 302 g/mol. The summed E-state index contributed by atoms with van der Waals surface area (Å²) >= 11 is 1.84. The van der Waals surface area contributed by atoms with Crippen LogP contribution in [0.1, 0.15) is 16.7 Å². The van der Waals surface area contributed by atoms with E-state index in [4.69, 9.17) is 4.74 Å². The molecule has 0 radical (unpaired) electrons. The second-order valence-electron chi connectivity index (χ2n) is 5.24. The molecule has 0 bridgehead atoms. The highest BCUT2D eigenvalue weighted by molar-refractivity contribution is 7.11. The monoisotopic (exact) mass is 302 g/mol. The van der Waals surface area contributed by atoms with E-state index in [1.54, 1.807) is 0 Å². The average Bonchev–Trinajstić information content (AvgIpc) is 3.02. The molecule has 1 aliphatic heterocycles. The Balaban J connectivity index is 1.56. The van der Waals surface area contributed by atoms with E-state index in [0.29, 0.717) is 6.61 Å². The number of anilines is 1. The van der Waals surface area contributed by atoms with Gasteiger partial charge in [-0.1, -0.05) is 6.92 Å². The normalized spacial score (nSPS) is 15.2. The maximum absolute atomic E-state index is 5.87. The molecule has 1 aromatic heterocycles. The summed E-state index contributed by atoms with van der Waals surface area (Å²) in [6, 6.07) is 12.8. The molecule has 1 saturated heterocycles. The molecule has 112 valence electrons. The Bertz CT molecular complexity index is 558. The zero-order chi connectivity index (χ0) is 14.5. The van der Waals surface area contributed by atoms with Crippen LogP contribution in [0, 0.1) is 0 Å². The maximum atomic E-state index is 5.87. The largest absolute Gasteiger partial charge is 0.488 e. The number of hydrogen-bond donors (Lipinski definition) is 1. The molecule has 0 saturated carbocycles. The van der Waals surface area contributed by atoms with Crippen LogP contribution < -0.4 is 15.0 Å². The van der Waals surface area contributed by atoms with Gasteiger partial charge in [0.2, 0.25) is 0 Å². The number of thiophene rings is 1. The van der Waals surface area contributed by atoms with Crippen molar-refractivity contribution >= 4 is 17.0 Å². The summed E-state index contributed by atoms with van der Waals surface area (Å²) in [5, 5.41) is 3.38. The Morgan fingerprint density at radius 2 is 1.76 bits per heavy atom. The number of nitrogens with zero attached hydrogens (tertiary/aromatic N) is 1. The number of benzene rings is 1. The molecule has 0 unspecified atom stereocenters. The number of rotatable bonds is 5. The first kappa shape index (κ1) is 14.4. The van der Waals surface area contributed by atoms with Crippen molar-refractivity contribution in [2.45, 2.75) is 20.0 Å². The highest BCUT2D eigenvalue weighted by atomic mass is 32.1. The van der Waals surface area contributed by atoms with Gasteiger partial charge >= 0.3 is 0 Å². The Hall–Kier alpha value is -1.52.